The van der Waals surface area contributed by atoms with Gasteiger partial charge in [-0.25, -0.2) is 0 Å². The van der Waals surface area contributed by atoms with Crippen LogP contribution in [0.3, 0.4) is 0 Å². The predicted molar refractivity (Wildman–Crippen MR) is 89.6 cm³/mol. The maximum atomic E-state index is 12.6. The van der Waals surface area contributed by atoms with E-state index in [1.807, 2.05) is 30.0 Å². The van der Waals surface area contributed by atoms with Crippen molar-refractivity contribution < 1.29 is 4.79 Å². The van der Waals surface area contributed by atoms with Crippen LogP contribution in [0.2, 0.25) is 0 Å². The van der Waals surface area contributed by atoms with Crippen molar-refractivity contribution in [2.24, 2.45) is 0 Å². The highest BCUT2D eigenvalue weighted by molar-refractivity contribution is 7.99. The van der Waals surface area contributed by atoms with Crippen molar-refractivity contribution in [3.8, 4) is 0 Å². The second-order valence-corrected chi connectivity index (χ2v) is 6.33. The van der Waals surface area contributed by atoms with Crippen LogP contribution in [-0.2, 0) is 4.79 Å². The van der Waals surface area contributed by atoms with Crippen LogP contribution in [0.25, 0.3) is 0 Å². The fourth-order valence-corrected chi connectivity index (χ4v) is 3.48. The van der Waals surface area contributed by atoms with Gasteiger partial charge in [-0.05, 0) is 12.1 Å². The molecule has 4 nitrogen and oxygen atoms in total. The fraction of sp³-hybridized carbons (Fsp3) is 0.562. The minimum Gasteiger partial charge on any atom is -0.353 e. The van der Waals surface area contributed by atoms with Crippen LogP contribution in [0.5, 0.6) is 0 Å². The molecule has 1 unspecified atom stereocenters. The summed E-state index contributed by atoms with van der Waals surface area (Å²) in [5.41, 5.74) is 1.09. The minimum atomic E-state index is -0.159. The van der Waals surface area contributed by atoms with Crippen LogP contribution in [0.1, 0.15) is 18.5 Å². The van der Waals surface area contributed by atoms with E-state index in [0.717, 1.165) is 43.2 Å². The zero-order valence-corrected chi connectivity index (χ0v) is 13.5. The Morgan fingerprint density at radius 2 is 1.95 bits per heavy atom. The molecule has 21 heavy (non-hydrogen) atoms. The van der Waals surface area contributed by atoms with Crippen molar-refractivity contribution in [1.82, 2.24) is 15.5 Å². The lowest BCUT2D eigenvalue weighted by molar-refractivity contribution is -0.126. The summed E-state index contributed by atoms with van der Waals surface area (Å²) in [4.78, 5) is 14.9. The van der Waals surface area contributed by atoms with Gasteiger partial charge < -0.3 is 10.6 Å². The molecule has 0 aromatic heterocycles. The van der Waals surface area contributed by atoms with Crippen LogP contribution < -0.4 is 10.6 Å². The molecular weight excluding hydrogens is 282 g/mol. The molecule has 1 aliphatic heterocycles. The van der Waals surface area contributed by atoms with Crippen molar-refractivity contribution in [2.75, 3.05) is 44.2 Å². The summed E-state index contributed by atoms with van der Waals surface area (Å²) >= 11 is 1.96. The number of hydrogen-bond donors (Lipinski definition) is 2. The molecule has 0 aliphatic carbocycles. The molecule has 0 spiro atoms. The summed E-state index contributed by atoms with van der Waals surface area (Å²) in [6, 6.07) is 9.95. The number of hydrogen-bond acceptors (Lipinski definition) is 4. The second-order valence-electron chi connectivity index (χ2n) is 5.11. The number of thioether (sulfide) groups is 1. The molecule has 0 radical (unpaired) electrons. The number of amides is 1. The van der Waals surface area contributed by atoms with E-state index in [1.165, 1.54) is 0 Å². The van der Waals surface area contributed by atoms with Gasteiger partial charge in [0.1, 0.15) is 6.04 Å². The lowest BCUT2D eigenvalue weighted by atomic mass is 10.0. The monoisotopic (exact) mass is 307 g/mol. The maximum Gasteiger partial charge on any atom is 0.242 e. The van der Waals surface area contributed by atoms with Crippen molar-refractivity contribution in [1.29, 1.82) is 0 Å². The highest BCUT2D eigenvalue weighted by Gasteiger charge is 2.28. The Hall–Kier alpha value is -1.04. The standard InChI is InChI=1S/C16H25N3OS/c1-2-17-8-9-18-16(20)15(14-6-4-3-5-7-14)19-10-12-21-13-11-19/h3-7,15,17H,2,8-13H2,1H3,(H,18,20). The quantitative estimate of drug-likeness (QED) is 0.750. The lowest BCUT2D eigenvalue weighted by Gasteiger charge is -2.33. The third-order valence-electron chi connectivity index (χ3n) is 3.63. The molecule has 2 N–H and O–H groups in total. The molecule has 1 fully saturated rings. The second kappa shape index (κ2) is 9.07. The number of rotatable bonds is 7. The summed E-state index contributed by atoms with van der Waals surface area (Å²) in [5, 5.41) is 6.29. The Bertz CT molecular complexity index is 421. The molecule has 1 aromatic rings. The lowest BCUT2D eigenvalue weighted by Crippen LogP contribution is -2.45. The van der Waals surface area contributed by atoms with Crippen molar-refractivity contribution in [3.05, 3.63) is 35.9 Å². The molecule has 116 valence electrons. The van der Waals surface area contributed by atoms with Gasteiger partial charge in [0.05, 0.1) is 0 Å². The van der Waals surface area contributed by atoms with Crippen LogP contribution in [0.4, 0.5) is 0 Å². The molecule has 1 saturated heterocycles. The molecule has 5 heteroatoms. The Kier molecular flexibility index (Phi) is 7.06. The van der Waals surface area contributed by atoms with Gasteiger partial charge in [-0.2, -0.15) is 11.8 Å². The van der Waals surface area contributed by atoms with Gasteiger partial charge in [-0.3, -0.25) is 9.69 Å². The smallest absolute Gasteiger partial charge is 0.242 e. The van der Waals surface area contributed by atoms with E-state index >= 15 is 0 Å². The molecule has 2 rings (SSSR count). The fourth-order valence-electron chi connectivity index (χ4n) is 2.55. The van der Waals surface area contributed by atoms with E-state index in [4.69, 9.17) is 0 Å². The van der Waals surface area contributed by atoms with Gasteiger partial charge >= 0.3 is 0 Å². The first kappa shape index (κ1) is 16.3. The van der Waals surface area contributed by atoms with Crippen LogP contribution >= 0.6 is 11.8 Å². The average Bonchev–Trinajstić information content (AvgIpc) is 2.54. The zero-order chi connectivity index (χ0) is 14.9. The molecule has 1 atom stereocenters. The molecular formula is C16H25N3OS. The van der Waals surface area contributed by atoms with Crippen molar-refractivity contribution in [3.63, 3.8) is 0 Å². The van der Waals surface area contributed by atoms with E-state index in [1.54, 1.807) is 0 Å². The van der Waals surface area contributed by atoms with E-state index < -0.39 is 0 Å². The van der Waals surface area contributed by atoms with E-state index in [-0.39, 0.29) is 11.9 Å². The number of carbonyl (C=O) groups excluding carboxylic acids is 1. The van der Waals surface area contributed by atoms with Gasteiger partial charge in [0.25, 0.3) is 0 Å². The largest absolute Gasteiger partial charge is 0.353 e. The average molecular weight is 307 g/mol. The Morgan fingerprint density at radius 1 is 1.24 bits per heavy atom. The maximum absolute atomic E-state index is 12.6. The highest BCUT2D eigenvalue weighted by Crippen LogP contribution is 2.24. The van der Waals surface area contributed by atoms with E-state index in [2.05, 4.69) is 34.6 Å². The molecule has 1 aromatic carbocycles. The van der Waals surface area contributed by atoms with E-state index in [0.29, 0.717) is 6.54 Å². The number of nitrogens with zero attached hydrogens (tertiary/aromatic N) is 1. The molecule has 0 saturated carbocycles. The summed E-state index contributed by atoms with van der Waals surface area (Å²) < 4.78 is 0. The molecule has 1 heterocycles. The van der Waals surface area contributed by atoms with Gasteiger partial charge in [-0.15, -0.1) is 0 Å². The van der Waals surface area contributed by atoms with Gasteiger partial charge in [-0.1, -0.05) is 37.3 Å². The number of nitrogens with one attached hydrogen (secondary N) is 2. The summed E-state index contributed by atoms with van der Waals surface area (Å²) in [7, 11) is 0. The first-order valence-corrected chi connectivity index (χ1v) is 8.83. The number of likely N-dealkylation sites (N-methyl/N-ethyl adjacent to an activating group) is 1. The molecule has 1 aliphatic rings. The van der Waals surface area contributed by atoms with Crippen LogP contribution in [0, 0.1) is 0 Å². The Labute approximate surface area is 131 Å². The normalized spacial score (nSPS) is 17.4. The van der Waals surface area contributed by atoms with Gasteiger partial charge in [0.2, 0.25) is 5.91 Å². The van der Waals surface area contributed by atoms with Crippen molar-refractivity contribution in [2.45, 2.75) is 13.0 Å². The molecule has 0 bridgehead atoms. The Balaban J connectivity index is 2.02. The van der Waals surface area contributed by atoms with E-state index in [9.17, 15) is 4.79 Å². The summed E-state index contributed by atoms with van der Waals surface area (Å²) in [6.07, 6.45) is 0. The first-order valence-electron chi connectivity index (χ1n) is 7.68. The third kappa shape index (κ3) is 5.02. The summed E-state index contributed by atoms with van der Waals surface area (Å²) in [6.45, 7) is 6.45. The predicted octanol–water partition coefficient (Wildman–Crippen LogP) is 1.50. The van der Waals surface area contributed by atoms with Crippen molar-refractivity contribution >= 4 is 17.7 Å². The first-order chi connectivity index (χ1) is 10.3. The zero-order valence-electron chi connectivity index (χ0n) is 12.7. The van der Waals surface area contributed by atoms with Crippen LogP contribution in [-0.4, -0.2) is 55.0 Å². The number of benzene rings is 1. The summed E-state index contributed by atoms with van der Waals surface area (Å²) in [5.74, 6) is 2.33. The highest BCUT2D eigenvalue weighted by atomic mass is 32.2. The van der Waals surface area contributed by atoms with Gasteiger partial charge in [0, 0.05) is 37.7 Å². The minimum absolute atomic E-state index is 0.117. The topological polar surface area (TPSA) is 44.4 Å². The SMILES string of the molecule is CCNCCNC(=O)C(c1ccccc1)N1CCSCC1. The number of carbonyl (C=O) groups is 1. The Morgan fingerprint density at radius 3 is 2.62 bits per heavy atom. The van der Waals surface area contributed by atoms with Gasteiger partial charge in [0.15, 0.2) is 0 Å². The third-order valence-corrected chi connectivity index (χ3v) is 4.57. The van der Waals surface area contributed by atoms with Crippen LogP contribution in [0.15, 0.2) is 30.3 Å². The molecule has 1 amide bonds.